The van der Waals surface area contributed by atoms with Gasteiger partial charge >= 0.3 is 6.18 Å². The smallest absolute Gasteiger partial charge is 0.333 e. The predicted molar refractivity (Wildman–Crippen MR) is 68.3 cm³/mol. The molecule has 0 fully saturated rings. The molecule has 0 N–H and O–H groups in total. The minimum absolute atomic E-state index is 0.0126. The van der Waals surface area contributed by atoms with Crippen molar-refractivity contribution >= 4 is 5.91 Å². The van der Waals surface area contributed by atoms with Crippen molar-refractivity contribution in [3.8, 4) is 11.5 Å². The summed E-state index contributed by atoms with van der Waals surface area (Å²) in [6, 6.07) is 5.17. The molecule has 110 valence electrons. The summed E-state index contributed by atoms with van der Waals surface area (Å²) in [5, 5.41) is 0. The Morgan fingerprint density at radius 2 is 1.86 bits per heavy atom. The third kappa shape index (κ3) is 3.98. The Bertz CT molecular complexity index is 614. The number of alkyl halides is 3. The Kier molecular flexibility index (Phi) is 4.15. The highest BCUT2D eigenvalue weighted by molar-refractivity contribution is 5.93. The molecule has 0 radical (unpaired) electrons. The maximum Gasteiger partial charge on any atom is 0.406 e. The van der Waals surface area contributed by atoms with Crippen molar-refractivity contribution < 1.29 is 18.0 Å². The molecule has 8 heteroatoms. The van der Waals surface area contributed by atoms with Gasteiger partial charge in [-0.25, -0.2) is 9.97 Å². The number of hydrogen-bond donors (Lipinski definition) is 0. The Morgan fingerprint density at radius 3 is 2.38 bits per heavy atom. The van der Waals surface area contributed by atoms with E-state index in [0.717, 1.165) is 7.05 Å². The molecule has 0 spiro atoms. The molecular formula is C13H11F3N4O. The summed E-state index contributed by atoms with van der Waals surface area (Å²) in [6.07, 6.45) is -0.507. The summed E-state index contributed by atoms with van der Waals surface area (Å²) in [7, 11) is 1.07. The Hall–Kier alpha value is -2.51. The number of nitrogens with zero attached hydrogens (tertiary/aromatic N) is 4. The number of aromatic nitrogens is 3. The minimum atomic E-state index is -4.45. The van der Waals surface area contributed by atoms with Crippen molar-refractivity contribution in [1.82, 2.24) is 19.9 Å². The lowest BCUT2D eigenvalue weighted by atomic mass is 10.3. The first-order valence-corrected chi connectivity index (χ1v) is 5.92. The summed E-state index contributed by atoms with van der Waals surface area (Å²) < 4.78 is 36.7. The van der Waals surface area contributed by atoms with E-state index >= 15 is 0 Å². The van der Waals surface area contributed by atoms with Gasteiger partial charge in [0.2, 0.25) is 0 Å². The first-order chi connectivity index (χ1) is 9.87. The predicted octanol–water partition coefficient (Wildman–Crippen LogP) is 2.17. The van der Waals surface area contributed by atoms with Crippen molar-refractivity contribution in [1.29, 1.82) is 0 Å². The van der Waals surface area contributed by atoms with Gasteiger partial charge in [-0.1, -0.05) is 6.07 Å². The second-order valence-corrected chi connectivity index (χ2v) is 4.29. The molecule has 2 aromatic rings. The van der Waals surface area contributed by atoms with Crippen LogP contribution in [0.15, 0.2) is 36.8 Å². The van der Waals surface area contributed by atoms with Crippen LogP contribution in [-0.4, -0.2) is 45.5 Å². The van der Waals surface area contributed by atoms with E-state index in [-0.39, 0.29) is 5.56 Å². The van der Waals surface area contributed by atoms with Gasteiger partial charge in [-0.05, 0) is 12.1 Å². The summed E-state index contributed by atoms with van der Waals surface area (Å²) in [4.78, 5) is 24.3. The second kappa shape index (κ2) is 5.86. The van der Waals surface area contributed by atoms with Gasteiger partial charge in [-0.3, -0.25) is 9.78 Å². The molecule has 5 nitrogen and oxygen atoms in total. The zero-order chi connectivity index (χ0) is 15.5. The summed E-state index contributed by atoms with van der Waals surface area (Å²) in [6.45, 7) is -1.33. The maximum atomic E-state index is 12.2. The van der Waals surface area contributed by atoms with Crippen LogP contribution in [0, 0.1) is 0 Å². The Morgan fingerprint density at radius 1 is 1.19 bits per heavy atom. The van der Waals surface area contributed by atoms with Gasteiger partial charge in [-0.2, -0.15) is 13.2 Å². The number of carbonyl (C=O) groups excluding carboxylic acids is 1. The molecule has 0 aliphatic heterocycles. The second-order valence-electron chi connectivity index (χ2n) is 4.29. The number of amides is 1. The summed E-state index contributed by atoms with van der Waals surface area (Å²) in [5.74, 6) is -0.495. The van der Waals surface area contributed by atoms with E-state index < -0.39 is 18.6 Å². The fourth-order valence-corrected chi connectivity index (χ4v) is 1.63. The van der Waals surface area contributed by atoms with Crippen molar-refractivity contribution in [2.24, 2.45) is 0 Å². The summed E-state index contributed by atoms with van der Waals surface area (Å²) in [5.41, 5.74) is 0.501. The molecule has 21 heavy (non-hydrogen) atoms. The van der Waals surface area contributed by atoms with Crippen molar-refractivity contribution in [2.75, 3.05) is 13.6 Å². The molecule has 2 heterocycles. The van der Waals surface area contributed by atoms with E-state index in [2.05, 4.69) is 15.0 Å². The number of halogens is 3. The molecule has 0 aliphatic rings. The molecule has 0 aliphatic carbocycles. The van der Waals surface area contributed by atoms with Crippen LogP contribution in [0.4, 0.5) is 13.2 Å². The molecule has 2 rings (SSSR count). The van der Waals surface area contributed by atoms with E-state index in [1.807, 2.05) is 0 Å². The van der Waals surface area contributed by atoms with Crippen molar-refractivity contribution in [3.63, 3.8) is 0 Å². The van der Waals surface area contributed by atoms with Gasteiger partial charge in [0.1, 0.15) is 12.2 Å². The van der Waals surface area contributed by atoms with E-state index in [1.54, 1.807) is 24.4 Å². The van der Waals surface area contributed by atoms with Crippen LogP contribution in [0.2, 0.25) is 0 Å². The fraction of sp³-hybridized carbons (Fsp3) is 0.231. The molecule has 0 bridgehead atoms. The van der Waals surface area contributed by atoms with Gasteiger partial charge in [0, 0.05) is 25.6 Å². The van der Waals surface area contributed by atoms with Crippen LogP contribution in [0.1, 0.15) is 10.4 Å². The maximum absolute atomic E-state index is 12.2. The molecule has 2 aromatic heterocycles. The zero-order valence-corrected chi connectivity index (χ0v) is 11.0. The van der Waals surface area contributed by atoms with Gasteiger partial charge in [-0.15, -0.1) is 0 Å². The van der Waals surface area contributed by atoms with Crippen LogP contribution >= 0.6 is 0 Å². The van der Waals surface area contributed by atoms with Crippen LogP contribution in [-0.2, 0) is 0 Å². The molecule has 0 unspecified atom stereocenters. The standard InChI is InChI=1S/C13H11F3N4O/c1-20(8-13(14,15)16)12(21)9-6-18-11(19-7-9)10-4-2-3-5-17-10/h2-7H,8H2,1H3. The third-order valence-corrected chi connectivity index (χ3v) is 2.56. The first kappa shape index (κ1) is 14.9. The van der Waals surface area contributed by atoms with Gasteiger partial charge < -0.3 is 4.90 Å². The van der Waals surface area contributed by atoms with Crippen LogP contribution in [0.25, 0.3) is 11.5 Å². The molecule has 0 atom stereocenters. The number of rotatable bonds is 3. The molecule has 0 aromatic carbocycles. The van der Waals surface area contributed by atoms with Gasteiger partial charge in [0.15, 0.2) is 5.82 Å². The van der Waals surface area contributed by atoms with Gasteiger partial charge in [0.05, 0.1) is 5.56 Å². The average Bonchev–Trinajstić information content (AvgIpc) is 2.46. The monoisotopic (exact) mass is 296 g/mol. The van der Waals surface area contributed by atoms with E-state index in [4.69, 9.17) is 0 Å². The van der Waals surface area contributed by atoms with E-state index in [0.29, 0.717) is 16.4 Å². The van der Waals surface area contributed by atoms with Crippen LogP contribution in [0.5, 0.6) is 0 Å². The fourth-order valence-electron chi connectivity index (χ4n) is 1.63. The minimum Gasteiger partial charge on any atom is -0.333 e. The zero-order valence-electron chi connectivity index (χ0n) is 11.0. The van der Waals surface area contributed by atoms with Crippen molar-refractivity contribution in [2.45, 2.75) is 6.18 Å². The summed E-state index contributed by atoms with van der Waals surface area (Å²) >= 11 is 0. The molecule has 1 amide bonds. The largest absolute Gasteiger partial charge is 0.406 e. The van der Waals surface area contributed by atoms with Crippen LogP contribution < -0.4 is 0 Å². The molecule has 0 saturated carbocycles. The van der Waals surface area contributed by atoms with Crippen molar-refractivity contribution in [3.05, 3.63) is 42.4 Å². The Balaban J connectivity index is 2.14. The van der Waals surface area contributed by atoms with E-state index in [9.17, 15) is 18.0 Å². The topological polar surface area (TPSA) is 59.0 Å². The molecular weight excluding hydrogens is 285 g/mol. The third-order valence-electron chi connectivity index (χ3n) is 2.56. The van der Waals surface area contributed by atoms with Gasteiger partial charge in [0.25, 0.3) is 5.91 Å². The highest BCUT2D eigenvalue weighted by atomic mass is 19.4. The van der Waals surface area contributed by atoms with Crippen LogP contribution in [0.3, 0.4) is 0 Å². The SMILES string of the molecule is CN(CC(F)(F)F)C(=O)c1cnc(-c2ccccn2)nc1. The highest BCUT2D eigenvalue weighted by Crippen LogP contribution is 2.17. The first-order valence-electron chi connectivity index (χ1n) is 5.92. The van der Waals surface area contributed by atoms with E-state index in [1.165, 1.54) is 12.4 Å². The normalized spacial score (nSPS) is 11.2. The molecule has 0 saturated heterocycles. The number of pyridine rings is 1. The lowest BCUT2D eigenvalue weighted by Gasteiger charge is -2.18. The highest BCUT2D eigenvalue weighted by Gasteiger charge is 2.31. The quantitative estimate of drug-likeness (QED) is 0.871. The number of hydrogen-bond acceptors (Lipinski definition) is 4. The average molecular weight is 296 g/mol. The lowest BCUT2D eigenvalue weighted by Crippen LogP contribution is -2.35. The number of carbonyl (C=O) groups is 1. The lowest BCUT2D eigenvalue weighted by molar-refractivity contribution is -0.138. The Labute approximate surface area is 118 Å².